The van der Waals surface area contributed by atoms with Gasteiger partial charge in [-0.05, 0) is 38.9 Å². The number of amides is 1. The minimum Gasteiger partial charge on any atom is -0.325 e. The predicted octanol–water partition coefficient (Wildman–Crippen LogP) is 2.18. The third kappa shape index (κ3) is 3.33. The molecule has 0 saturated carbocycles. The van der Waals surface area contributed by atoms with Crippen molar-refractivity contribution in [2.24, 2.45) is 5.92 Å². The van der Waals surface area contributed by atoms with Crippen LogP contribution in [0, 0.1) is 23.0 Å². The lowest BCUT2D eigenvalue weighted by Crippen LogP contribution is -2.38. The van der Waals surface area contributed by atoms with Gasteiger partial charge in [-0.15, -0.1) is 0 Å². The first kappa shape index (κ1) is 14.5. The van der Waals surface area contributed by atoms with Crippen molar-refractivity contribution in [2.45, 2.75) is 19.8 Å². The number of nitro groups is 1. The maximum atomic E-state index is 12.2. The van der Waals surface area contributed by atoms with Gasteiger partial charge in [-0.3, -0.25) is 14.9 Å². The van der Waals surface area contributed by atoms with Gasteiger partial charge in [0.25, 0.3) is 5.69 Å². The Morgan fingerprint density at radius 2 is 2.25 bits per heavy atom. The fourth-order valence-corrected chi connectivity index (χ4v) is 2.47. The third-order valence-electron chi connectivity index (χ3n) is 3.69. The van der Waals surface area contributed by atoms with E-state index in [2.05, 4.69) is 10.2 Å². The Hall–Kier alpha value is -1.95. The number of likely N-dealkylation sites (tertiary alicyclic amines) is 1. The van der Waals surface area contributed by atoms with E-state index in [1.807, 2.05) is 14.0 Å². The van der Waals surface area contributed by atoms with E-state index in [-0.39, 0.29) is 17.5 Å². The number of non-ortho nitro benzene ring substituents is 1. The highest BCUT2D eigenvalue weighted by atomic mass is 16.6. The highest BCUT2D eigenvalue weighted by Crippen LogP contribution is 2.24. The standard InChI is InChI=1S/C14H19N3O3/c1-10-5-6-12(17(19)20)8-13(10)15-14(18)11-4-3-7-16(2)9-11/h5-6,8,11H,3-4,7,9H2,1-2H3,(H,15,18)/t11-/m0/s1. The summed E-state index contributed by atoms with van der Waals surface area (Å²) in [7, 11) is 2.00. The van der Waals surface area contributed by atoms with Crippen LogP contribution in [0.25, 0.3) is 0 Å². The molecule has 108 valence electrons. The molecule has 2 rings (SSSR count). The molecule has 0 bridgehead atoms. The largest absolute Gasteiger partial charge is 0.325 e. The molecule has 1 aliphatic heterocycles. The summed E-state index contributed by atoms with van der Waals surface area (Å²) in [5, 5.41) is 13.6. The van der Waals surface area contributed by atoms with Gasteiger partial charge in [0, 0.05) is 18.7 Å². The molecule has 1 amide bonds. The van der Waals surface area contributed by atoms with Gasteiger partial charge in [-0.25, -0.2) is 0 Å². The molecule has 1 saturated heterocycles. The first-order valence-electron chi connectivity index (χ1n) is 6.72. The minimum absolute atomic E-state index is 0.00772. The summed E-state index contributed by atoms with van der Waals surface area (Å²) in [6.45, 7) is 3.58. The lowest BCUT2D eigenvalue weighted by molar-refractivity contribution is -0.384. The summed E-state index contributed by atoms with van der Waals surface area (Å²) in [4.78, 5) is 24.7. The Balaban J connectivity index is 2.10. The molecule has 1 fully saturated rings. The Morgan fingerprint density at radius 3 is 2.90 bits per heavy atom. The van der Waals surface area contributed by atoms with Crippen LogP contribution in [0.2, 0.25) is 0 Å². The Morgan fingerprint density at radius 1 is 1.50 bits per heavy atom. The first-order valence-corrected chi connectivity index (χ1v) is 6.72. The molecule has 1 N–H and O–H groups in total. The maximum absolute atomic E-state index is 12.2. The minimum atomic E-state index is -0.455. The second-order valence-corrected chi connectivity index (χ2v) is 5.35. The zero-order valence-electron chi connectivity index (χ0n) is 11.8. The van der Waals surface area contributed by atoms with E-state index in [4.69, 9.17) is 0 Å². The zero-order chi connectivity index (χ0) is 14.7. The van der Waals surface area contributed by atoms with Crippen molar-refractivity contribution in [3.8, 4) is 0 Å². The highest BCUT2D eigenvalue weighted by Gasteiger charge is 2.24. The molecule has 20 heavy (non-hydrogen) atoms. The second-order valence-electron chi connectivity index (χ2n) is 5.35. The predicted molar refractivity (Wildman–Crippen MR) is 76.7 cm³/mol. The summed E-state index contributed by atoms with van der Waals surface area (Å²) in [5.41, 5.74) is 1.34. The van der Waals surface area contributed by atoms with Crippen molar-refractivity contribution in [3.05, 3.63) is 33.9 Å². The van der Waals surface area contributed by atoms with E-state index in [9.17, 15) is 14.9 Å². The normalized spacial score (nSPS) is 19.6. The number of nitrogens with one attached hydrogen (secondary N) is 1. The van der Waals surface area contributed by atoms with Crippen molar-refractivity contribution in [3.63, 3.8) is 0 Å². The van der Waals surface area contributed by atoms with E-state index in [1.54, 1.807) is 6.07 Å². The Kier molecular flexibility index (Phi) is 4.34. The van der Waals surface area contributed by atoms with Crippen molar-refractivity contribution in [2.75, 3.05) is 25.5 Å². The molecule has 1 heterocycles. The van der Waals surface area contributed by atoms with Gasteiger partial charge in [0.15, 0.2) is 0 Å². The number of benzene rings is 1. The molecule has 6 heteroatoms. The number of carbonyl (C=O) groups is 1. The molecule has 0 aliphatic carbocycles. The molecule has 0 aromatic heterocycles. The summed E-state index contributed by atoms with van der Waals surface area (Å²) in [6, 6.07) is 4.51. The van der Waals surface area contributed by atoms with Crippen LogP contribution in [0.3, 0.4) is 0 Å². The summed E-state index contributed by atoms with van der Waals surface area (Å²) >= 11 is 0. The number of rotatable bonds is 3. The van der Waals surface area contributed by atoms with Crippen molar-refractivity contribution < 1.29 is 9.72 Å². The van der Waals surface area contributed by atoms with Crippen LogP contribution in [-0.2, 0) is 4.79 Å². The summed E-state index contributed by atoms with van der Waals surface area (Å²) in [6.07, 6.45) is 1.87. The van der Waals surface area contributed by atoms with Crippen LogP contribution in [0.5, 0.6) is 0 Å². The average molecular weight is 277 g/mol. The molecule has 1 aliphatic rings. The van der Waals surface area contributed by atoms with Crippen LogP contribution in [0.15, 0.2) is 18.2 Å². The second kappa shape index (κ2) is 6.00. The smallest absolute Gasteiger partial charge is 0.271 e. The van der Waals surface area contributed by atoms with Gasteiger partial charge in [0.1, 0.15) is 0 Å². The fraction of sp³-hybridized carbons (Fsp3) is 0.500. The van der Waals surface area contributed by atoms with Crippen molar-refractivity contribution in [1.82, 2.24) is 4.90 Å². The fourth-order valence-electron chi connectivity index (χ4n) is 2.47. The van der Waals surface area contributed by atoms with Crippen LogP contribution >= 0.6 is 0 Å². The van der Waals surface area contributed by atoms with Gasteiger partial charge in [0.05, 0.1) is 16.5 Å². The van der Waals surface area contributed by atoms with Crippen molar-refractivity contribution >= 4 is 17.3 Å². The topological polar surface area (TPSA) is 75.5 Å². The van der Waals surface area contributed by atoms with Crippen LogP contribution in [0.4, 0.5) is 11.4 Å². The number of piperidine rings is 1. The van der Waals surface area contributed by atoms with Gasteiger partial charge in [-0.2, -0.15) is 0 Å². The lowest BCUT2D eigenvalue weighted by atomic mass is 9.97. The molecule has 0 radical (unpaired) electrons. The number of hydrogen-bond acceptors (Lipinski definition) is 4. The first-order chi connectivity index (χ1) is 9.47. The molecule has 1 atom stereocenters. The van der Waals surface area contributed by atoms with E-state index in [1.165, 1.54) is 12.1 Å². The van der Waals surface area contributed by atoms with E-state index >= 15 is 0 Å². The molecule has 0 spiro atoms. The van der Waals surface area contributed by atoms with Gasteiger partial charge >= 0.3 is 0 Å². The Bertz CT molecular complexity index is 530. The monoisotopic (exact) mass is 277 g/mol. The number of anilines is 1. The molecule has 6 nitrogen and oxygen atoms in total. The van der Waals surface area contributed by atoms with Gasteiger partial charge < -0.3 is 10.2 Å². The number of hydrogen-bond donors (Lipinski definition) is 1. The highest BCUT2D eigenvalue weighted by molar-refractivity contribution is 5.93. The van der Waals surface area contributed by atoms with Gasteiger partial charge in [0.2, 0.25) is 5.91 Å². The number of aryl methyl sites for hydroxylation is 1. The summed E-state index contributed by atoms with van der Waals surface area (Å²) < 4.78 is 0. The zero-order valence-corrected chi connectivity index (χ0v) is 11.8. The van der Waals surface area contributed by atoms with Crippen LogP contribution in [0.1, 0.15) is 18.4 Å². The number of carbonyl (C=O) groups excluding carboxylic acids is 1. The Labute approximate surface area is 117 Å². The lowest BCUT2D eigenvalue weighted by Gasteiger charge is -2.28. The molecule has 1 aromatic rings. The molecular formula is C14H19N3O3. The number of nitrogens with zero attached hydrogens (tertiary/aromatic N) is 2. The van der Waals surface area contributed by atoms with Gasteiger partial charge in [-0.1, -0.05) is 6.07 Å². The quantitative estimate of drug-likeness (QED) is 0.678. The molecular weight excluding hydrogens is 258 g/mol. The number of nitro benzene ring substituents is 1. The third-order valence-corrected chi connectivity index (χ3v) is 3.69. The van der Waals surface area contributed by atoms with E-state index < -0.39 is 4.92 Å². The van der Waals surface area contributed by atoms with Crippen molar-refractivity contribution in [1.29, 1.82) is 0 Å². The SMILES string of the molecule is Cc1ccc([N+](=O)[O-])cc1NC(=O)[C@H]1CCCN(C)C1. The van der Waals surface area contributed by atoms with E-state index in [0.29, 0.717) is 5.69 Å². The van der Waals surface area contributed by atoms with Crippen LogP contribution in [-0.4, -0.2) is 35.9 Å². The van der Waals surface area contributed by atoms with Crippen LogP contribution < -0.4 is 5.32 Å². The summed E-state index contributed by atoms with van der Waals surface area (Å²) in [5.74, 6) is -0.104. The molecule has 1 aromatic carbocycles. The maximum Gasteiger partial charge on any atom is 0.271 e. The molecule has 0 unspecified atom stereocenters. The average Bonchev–Trinajstić information content (AvgIpc) is 2.41. The van der Waals surface area contributed by atoms with E-state index in [0.717, 1.165) is 31.5 Å².